The van der Waals surface area contributed by atoms with Crippen molar-refractivity contribution in [2.75, 3.05) is 6.79 Å². The number of hydrogen-bond acceptors (Lipinski definition) is 4. The number of aliphatic carboxylic acids is 1. The van der Waals surface area contributed by atoms with Gasteiger partial charge in [-0.2, -0.15) is 0 Å². The zero-order valence-electron chi connectivity index (χ0n) is 6.84. The van der Waals surface area contributed by atoms with Crippen LogP contribution in [0.2, 0.25) is 0 Å². The van der Waals surface area contributed by atoms with E-state index in [-0.39, 0.29) is 18.8 Å². The molecule has 5 nitrogen and oxygen atoms in total. The first kappa shape index (κ1) is 8.68. The molecule has 72 valence electrons. The van der Waals surface area contributed by atoms with Crippen LogP contribution in [0, 0.1) is 0 Å². The summed E-state index contributed by atoms with van der Waals surface area (Å²) in [5, 5.41) is 18.2. The van der Waals surface area contributed by atoms with Gasteiger partial charge in [-0.3, -0.25) is 0 Å². The minimum absolute atomic E-state index is 0.121. The lowest BCUT2D eigenvalue weighted by molar-refractivity contribution is -0.133. The van der Waals surface area contributed by atoms with Crippen LogP contribution in [0.3, 0.4) is 0 Å². The van der Waals surface area contributed by atoms with Gasteiger partial charge in [0.15, 0.2) is 0 Å². The highest BCUT2D eigenvalue weighted by Crippen LogP contribution is 2.27. The highest BCUT2D eigenvalue weighted by Gasteiger charge is 2.39. The third-order valence-electron chi connectivity index (χ3n) is 2.29. The Balaban J connectivity index is 2.21. The number of carboxylic acids is 1. The van der Waals surface area contributed by atoms with Crippen molar-refractivity contribution in [2.45, 2.75) is 24.7 Å². The fourth-order valence-corrected chi connectivity index (χ4v) is 1.63. The summed E-state index contributed by atoms with van der Waals surface area (Å²) in [6.07, 6.45) is 0.0496. The summed E-state index contributed by atoms with van der Waals surface area (Å²) in [6, 6.07) is 0. The van der Waals surface area contributed by atoms with Gasteiger partial charge in [-0.15, -0.1) is 0 Å². The molecule has 0 spiro atoms. The van der Waals surface area contributed by atoms with E-state index < -0.39 is 24.3 Å². The lowest BCUT2D eigenvalue weighted by Gasteiger charge is -2.25. The van der Waals surface area contributed by atoms with Crippen molar-refractivity contribution < 1.29 is 24.5 Å². The Kier molecular flexibility index (Phi) is 2.07. The van der Waals surface area contributed by atoms with Gasteiger partial charge in [0.25, 0.3) is 0 Å². The highest BCUT2D eigenvalue weighted by atomic mass is 16.7. The van der Waals surface area contributed by atoms with Gasteiger partial charge < -0.3 is 19.7 Å². The van der Waals surface area contributed by atoms with Crippen LogP contribution in [0.1, 0.15) is 6.42 Å². The van der Waals surface area contributed by atoms with Crippen LogP contribution < -0.4 is 0 Å². The van der Waals surface area contributed by atoms with Gasteiger partial charge in [0.1, 0.15) is 19.0 Å². The number of aliphatic hydroxyl groups excluding tert-OH is 1. The smallest absolute Gasteiger partial charge is 0.331 e. The summed E-state index contributed by atoms with van der Waals surface area (Å²) in [7, 11) is 0. The summed E-state index contributed by atoms with van der Waals surface area (Å²) in [6.45, 7) is 0.121. The standard InChI is InChI=1S/C8H10O5/c9-5-1-4(8(10)11)2-6-7(5)13-3-12-6/h2,5-7,9H,1,3H2,(H,10,11). The number of ether oxygens (including phenoxy) is 2. The number of carbonyl (C=O) groups is 1. The van der Waals surface area contributed by atoms with Crippen molar-refractivity contribution in [1.29, 1.82) is 0 Å². The van der Waals surface area contributed by atoms with Crippen LogP contribution in [0.25, 0.3) is 0 Å². The van der Waals surface area contributed by atoms with E-state index in [1.165, 1.54) is 6.08 Å². The fraction of sp³-hybridized carbons (Fsp3) is 0.625. The Bertz CT molecular complexity index is 259. The third-order valence-corrected chi connectivity index (χ3v) is 2.29. The summed E-state index contributed by atoms with van der Waals surface area (Å²) >= 11 is 0. The van der Waals surface area contributed by atoms with Crippen LogP contribution >= 0.6 is 0 Å². The molecule has 13 heavy (non-hydrogen) atoms. The van der Waals surface area contributed by atoms with Gasteiger partial charge in [0, 0.05) is 12.0 Å². The average molecular weight is 186 g/mol. The molecule has 3 unspecified atom stereocenters. The van der Waals surface area contributed by atoms with Crippen LogP contribution in [-0.2, 0) is 14.3 Å². The number of carboxylic acid groups (broad SMARTS) is 1. The number of fused-ring (bicyclic) bond motifs is 1. The van der Waals surface area contributed by atoms with Crippen LogP contribution in [0.5, 0.6) is 0 Å². The average Bonchev–Trinajstić information content (AvgIpc) is 2.51. The van der Waals surface area contributed by atoms with E-state index >= 15 is 0 Å². The molecule has 2 rings (SSSR count). The summed E-state index contributed by atoms with van der Waals surface area (Å²) in [5.74, 6) is -1.01. The van der Waals surface area contributed by atoms with E-state index in [1.54, 1.807) is 0 Å². The predicted molar refractivity (Wildman–Crippen MR) is 41.0 cm³/mol. The molecule has 1 saturated heterocycles. The first-order valence-electron chi connectivity index (χ1n) is 4.04. The number of hydrogen-bond donors (Lipinski definition) is 2. The molecule has 0 radical (unpaired) electrons. The van der Waals surface area contributed by atoms with Gasteiger partial charge in [-0.05, 0) is 6.08 Å². The fourth-order valence-electron chi connectivity index (χ4n) is 1.63. The molecular formula is C8H10O5. The van der Waals surface area contributed by atoms with Crippen molar-refractivity contribution in [1.82, 2.24) is 0 Å². The second kappa shape index (κ2) is 3.10. The zero-order chi connectivity index (χ0) is 9.42. The largest absolute Gasteiger partial charge is 0.478 e. The molecule has 1 aliphatic carbocycles. The van der Waals surface area contributed by atoms with Gasteiger partial charge in [-0.1, -0.05) is 0 Å². The number of aliphatic hydroxyl groups is 1. The monoisotopic (exact) mass is 186 g/mol. The van der Waals surface area contributed by atoms with E-state index in [9.17, 15) is 9.90 Å². The second-order valence-corrected chi connectivity index (χ2v) is 3.15. The molecule has 0 aromatic rings. The van der Waals surface area contributed by atoms with E-state index in [0.29, 0.717) is 0 Å². The molecular weight excluding hydrogens is 176 g/mol. The lowest BCUT2D eigenvalue weighted by atomic mass is 9.92. The minimum Gasteiger partial charge on any atom is -0.478 e. The van der Waals surface area contributed by atoms with E-state index in [2.05, 4.69) is 0 Å². The Labute approximate surface area is 74.6 Å². The molecule has 0 aromatic carbocycles. The Morgan fingerprint density at radius 3 is 3.00 bits per heavy atom. The van der Waals surface area contributed by atoms with Crippen LogP contribution in [0.15, 0.2) is 11.6 Å². The van der Waals surface area contributed by atoms with Crippen molar-refractivity contribution in [3.63, 3.8) is 0 Å². The van der Waals surface area contributed by atoms with Gasteiger partial charge in [-0.25, -0.2) is 4.79 Å². The summed E-state index contributed by atoms with van der Waals surface area (Å²) in [4.78, 5) is 10.6. The second-order valence-electron chi connectivity index (χ2n) is 3.15. The zero-order valence-corrected chi connectivity index (χ0v) is 6.84. The molecule has 1 aliphatic heterocycles. The topological polar surface area (TPSA) is 76.0 Å². The van der Waals surface area contributed by atoms with Crippen molar-refractivity contribution in [3.8, 4) is 0 Å². The number of rotatable bonds is 1. The molecule has 0 bridgehead atoms. The highest BCUT2D eigenvalue weighted by molar-refractivity contribution is 5.87. The molecule has 3 atom stereocenters. The molecule has 1 fully saturated rings. The maximum absolute atomic E-state index is 10.6. The van der Waals surface area contributed by atoms with Gasteiger partial charge in [0.2, 0.25) is 0 Å². The summed E-state index contributed by atoms with van der Waals surface area (Å²) in [5.41, 5.74) is 0.194. The SMILES string of the molecule is O=C(O)C1=CC2OCOC2C(O)C1. The Hall–Kier alpha value is -0.910. The quantitative estimate of drug-likeness (QED) is 0.577. The lowest BCUT2D eigenvalue weighted by Crippen LogP contribution is -2.38. The maximum Gasteiger partial charge on any atom is 0.331 e. The van der Waals surface area contributed by atoms with Crippen molar-refractivity contribution in [3.05, 3.63) is 11.6 Å². The first-order chi connectivity index (χ1) is 6.18. The molecule has 1 heterocycles. The minimum atomic E-state index is -1.01. The molecule has 2 aliphatic rings. The predicted octanol–water partition coefficient (Wildman–Crippen LogP) is -0.497. The third kappa shape index (κ3) is 1.46. The van der Waals surface area contributed by atoms with Crippen LogP contribution in [0.4, 0.5) is 0 Å². The molecule has 0 amide bonds. The Morgan fingerprint density at radius 2 is 2.31 bits per heavy atom. The molecule has 2 N–H and O–H groups in total. The molecule has 5 heteroatoms. The van der Waals surface area contributed by atoms with Crippen molar-refractivity contribution in [2.24, 2.45) is 0 Å². The van der Waals surface area contributed by atoms with E-state index in [1.807, 2.05) is 0 Å². The first-order valence-corrected chi connectivity index (χ1v) is 4.04. The van der Waals surface area contributed by atoms with E-state index in [0.717, 1.165) is 0 Å². The summed E-state index contributed by atoms with van der Waals surface area (Å²) < 4.78 is 10.2. The molecule has 0 saturated carbocycles. The van der Waals surface area contributed by atoms with Gasteiger partial charge >= 0.3 is 5.97 Å². The maximum atomic E-state index is 10.6. The Morgan fingerprint density at radius 1 is 1.54 bits per heavy atom. The van der Waals surface area contributed by atoms with Gasteiger partial charge in [0.05, 0.1) is 6.10 Å². The normalized spacial score (nSPS) is 38.2. The van der Waals surface area contributed by atoms with Crippen molar-refractivity contribution >= 4 is 5.97 Å². The molecule has 0 aromatic heterocycles. The van der Waals surface area contributed by atoms with Crippen LogP contribution in [-0.4, -0.2) is 41.3 Å². The van der Waals surface area contributed by atoms with E-state index in [4.69, 9.17) is 14.6 Å².